The summed E-state index contributed by atoms with van der Waals surface area (Å²) in [6, 6.07) is 0. The number of hydrogen-bond donors (Lipinski definition) is 1. The van der Waals surface area contributed by atoms with Crippen LogP contribution in [0.3, 0.4) is 0 Å². The third kappa shape index (κ3) is 2.57. The maximum Gasteiger partial charge on any atom is 0.309 e. The molecule has 3 nitrogen and oxygen atoms in total. The highest BCUT2D eigenvalue weighted by Crippen LogP contribution is 2.36. The van der Waals surface area contributed by atoms with E-state index in [1.54, 1.807) is 0 Å². The van der Waals surface area contributed by atoms with Crippen molar-refractivity contribution < 1.29 is 14.6 Å². The summed E-state index contributed by atoms with van der Waals surface area (Å²) in [5.74, 6) is -0.261. The molecule has 2 aliphatic rings. The van der Waals surface area contributed by atoms with Crippen LogP contribution in [-0.4, -0.2) is 23.3 Å². The van der Waals surface area contributed by atoms with Gasteiger partial charge in [0.05, 0.1) is 18.1 Å². The zero-order valence-electron chi connectivity index (χ0n) is 10.0. The van der Waals surface area contributed by atoms with Crippen LogP contribution in [0.1, 0.15) is 51.9 Å². The number of carboxylic acid groups (broad SMARTS) is 1. The molecule has 92 valence electrons. The lowest BCUT2D eigenvalue weighted by Crippen LogP contribution is -2.40. The molecule has 0 saturated heterocycles. The number of rotatable bonds is 4. The summed E-state index contributed by atoms with van der Waals surface area (Å²) in [5.41, 5.74) is 0. The Morgan fingerprint density at radius 3 is 2.56 bits per heavy atom. The molecule has 2 aliphatic carbocycles. The van der Waals surface area contributed by atoms with Crippen LogP contribution < -0.4 is 0 Å². The molecule has 0 aliphatic heterocycles. The van der Waals surface area contributed by atoms with Crippen molar-refractivity contribution in [2.45, 2.75) is 64.1 Å². The van der Waals surface area contributed by atoms with E-state index < -0.39 is 5.97 Å². The number of carbonyl (C=O) groups is 1. The van der Waals surface area contributed by atoms with Crippen LogP contribution in [0.15, 0.2) is 0 Å². The summed E-state index contributed by atoms with van der Waals surface area (Å²) in [6.07, 6.45) is 7.76. The molecule has 3 unspecified atom stereocenters. The molecule has 0 amide bonds. The first kappa shape index (κ1) is 11.9. The van der Waals surface area contributed by atoms with Gasteiger partial charge in [0, 0.05) is 0 Å². The number of aliphatic carboxylic acids is 1. The summed E-state index contributed by atoms with van der Waals surface area (Å²) in [5, 5.41) is 9.19. The Kier molecular flexibility index (Phi) is 3.85. The van der Waals surface area contributed by atoms with Crippen LogP contribution in [0.5, 0.6) is 0 Å². The minimum atomic E-state index is -0.668. The molecule has 0 spiro atoms. The zero-order chi connectivity index (χ0) is 11.5. The van der Waals surface area contributed by atoms with Gasteiger partial charge < -0.3 is 9.84 Å². The Morgan fingerprint density at radius 2 is 2.06 bits per heavy atom. The lowest BCUT2D eigenvalue weighted by Gasteiger charge is -2.38. The van der Waals surface area contributed by atoms with Gasteiger partial charge in [-0.25, -0.2) is 0 Å². The SMILES string of the molecule is CCC1CCC(C(=O)O)C(OC2CCC2)C1. The number of hydrogen-bond acceptors (Lipinski definition) is 2. The molecular weight excluding hydrogens is 204 g/mol. The standard InChI is InChI=1S/C13H22O3/c1-2-9-6-7-11(13(14)15)12(8-9)16-10-4-3-5-10/h9-12H,2-8H2,1H3,(H,14,15). The summed E-state index contributed by atoms with van der Waals surface area (Å²) >= 11 is 0. The first-order valence-electron chi connectivity index (χ1n) is 6.59. The number of ether oxygens (including phenoxy) is 1. The molecule has 0 radical (unpaired) electrons. The van der Waals surface area contributed by atoms with Crippen LogP contribution in [0, 0.1) is 11.8 Å². The first-order valence-corrected chi connectivity index (χ1v) is 6.59. The molecule has 2 saturated carbocycles. The van der Waals surface area contributed by atoms with E-state index >= 15 is 0 Å². The Labute approximate surface area is 97.2 Å². The van der Waals surface area contributed by atoms with Gasteiger partial charge in [0.25, 0.3) is 0 Å². The topological polar surface area (TPSA) is 46.5 Å². The molecule has 16 heavy (non-hydrogen) atoms. The van der Waals surface area contributed by atoms with Crippen molar-refractivity contribution >= 4 is 5.97 Å². The van der Waals surface area contributed by atoms with Crippen molar-refractivity contribution in [1.82, 2.24) is 0 Å². The van der Waals surface area contributed by atoms with Gasteiger partial charge in [-0.2, -0.15) is 0 Å². The average Bonchev–Trinajstić information content (AvgIpc) is 2.22. The number of carboxylic acids is 1. The van der Waals surface area contributed by atoms with E-state index in [1.807, 2.05) is 0 Å². The fourth-order valence-electron chi connectivity index (χ4n) is 2.77. The molecule has 2 fully saturated rings. The maximum absolute atomic E-state index is 11.2. The van der Waals surface area contributed by atoms with Gasteiger partial charge in [-0.3, -0.25) is 4.79 Å². The molecule has 0 aromatic carbocycles. The lowest BCUT2D eigenvalue weighted by atomic mass is 9.78. The molecular formula is C13H22O3. The Morgan fingerprint density at radius 1 is 1.31 bits per heavy atom. The summed E-state index contributed by atoms with van der Waals surface area (Å²) in [7, 11) is 0. The first-order chi connectivity index (χ1) is 7.70. The van der Waals surface area contributed by atoms with Gasteiger partial charge in [-0.05, 0) is 44.4 Å². The van der Waals surface area contributed by atoms with Crippen molar-refractivity contribution in [3.63, 3.8) is 0 Å². The van der Waals surface area contributed by atoms with Crippen LogP contribution >= 0.6 is 0 Å². The van der Waals surface area contributed by atoms with Crippen LogP contribution in [0.4, 0.5) is 0 Å². The Hall–Kier alpha value is -0.570. The maximum atomic E-state index is 11.2. The Balaban J connectivity index is 1.93. The quantitative estimate of drug-likeness (QED) is 0.801. The minimum Gasteiger partial charge on any atom is -0.481 e. The van der Waals surface area contributed by atoms with Crippen molar-refractivity contribution in [3.05, 3.63) is 0 Å². The molecule has 0 aromatic rings. The Bertz CT molecular complexity index is 246. The van der Waals surface area contributed by atoms with Crippen molar-refractivity contribution in [1.29, 1.82) is 0 Å². The van der Waals surface area contributed by atoms with Crippen molar-refractivity contribution in [2.75, 3.05) is 0 Å². The van der Waals surface area contributed by atoms with E-state index in [2.05, 4.69) is 6.92 Å². The summed E-state index contributed by atoms with van der Waals surface area (Å²) in [4.78, 5) is 11.2. The van der Waals surface area contributed by atoms with Crippen molar-refractivity contribution in [2.24, 2.45) is 11.8 Å². The molecule has 0 aromatic heterocycles. The monoisotopic (exact) mass is 226 g/mol. The molecule has 3 atom stereocenters. The third-order valence-corrected chi connectivity index (χ3v) is 4.21. The van der Waals surface area contributed by atoms with E-state index in [0.717, 1.165) is 38.5 Å². The zero-order valence-corrected chi connectivity index (χ0v) is 10.0. The van der Waals surface area contributed by atoms with Gasteiger partial charge in [0.1, 0.15) is 0 Å². The molecule has 1 N–H and O–H groups in total. The minimum absolute atomic E-state index is 0.0264. The van der Waals surface area contributed by atoms with E-state index in [-0.39, 0.29) is 12.0 Å². The van der Waals surface area contributed by atoms with E-state index in [0.29, 0.717) is 12.0 Å². The molecule has 2 rings (SSSR count). The highest BCUT2D eigenvalue weighted by molar-refractivity contribution is 5.70. The molecule has 0 bridgehead atoms. The van der Waals surface area contributed by atoms with Gasteiger partial charge >= 0.3 is 5.97 Å². The van der Waals surface area contributed by atoms with Crippen LogP contribution in [-0.2, 0) is 9.53 Å². The predicted molar refractivity (Wildman–Crippen MR) is 61.3 cm³/mol. The van der Waals surface area contributed by atoms with Crippen molar-refractivity contribution in [3.8, 4) is 0 Å². The van der Waals surface area contributed by atoms with Crippen LogP contribution in [0.2, 0.25) is 0 Å². The van der Waals surface area contributed by atoms with E-state index in [9.17, 15) is 9.90 Å². The third-order valence-electron chi connectivity index (χ3n) is 4.21. The highest BCUT2D eigenvalue weighted by Gasteiger charge is 2.37. The average molecular weight is 226 g/mol. The van der Waals surface area contributed by atoms with Gasteiger partial charge in [0.2, 0.25) is 0 Å². The van der Waals surface area contributed by atoms with Gasteiger partial charge in [-0.1, -0.05) is 13.3 Å². The second kappa shape index (κ2) is 5.17. The summed E-state index contributed by atoms with van der Waals surface area (Å²) in [6.45, 7) is 2.19. The summed E-state index contributed by atoms with van der Waals surface area (Å²) < 4.78 is 5.95. The smallest absolute Gasteiger partial charge is 0.309 e. The van der Waals surface area contributed by atoms with Gasteiger partial charge in [-0.15, -0.1) is 0 Å². The fourth-order valence-corrected chi connectivity index (χ4v) is 2.77. The lowest BCUT2D eigenvalue weighted by molar-refractivity contribution is -0.157. The van der Waals surface area contributed by atoms with E-state index in [1.165, 1.54) is 6.42 Å². The molecule has 3 heteroatoms. The fraction of sp³-hybridized carbons (Fsp3) is 0.923. The highest BCUT2D eigenvalue weighted by atomic mass is 16.5. The predicted octanol–water partition coefficient (Wildman–Crippen LogP) is 2.84. The normalized spacial score (nSPS) is 35.7. The largest absolute Gasteiger partial charge is 0.481 e. The van der Waals surface area contributed by atoms with Crippen LogP contribution in [0.25, 0.3) is 0 Å². The molecule has 0 heterocycles. The van der Waals surface area contributed by atoms with Gasteiger partial charge in [0.15, 0.2) is 0 Å². The van der Waals surface area contributed by atoms with E-state index in [4.69, 9.17) is 4.74 Å². The second-order valence-electron chi connectivity index (χ2n) is 5.26. The second-order valence-corrected chi connectivity index (χ2v) is 5.26.